The van der Waals surface area contributed by atoms with Crippen LogP contribution in [0.25, 0.3) is 0 Å². The lowest BCUT2D eigenvalue weighted by Gasteiger charge is -2.21. The van der Waals surface area contributed by atoms with E-state index in [0.29, 0.717) is 17.7 Å². The summed E-state index contributed by atoms with van der Waals surface area (Å²) < 4.78 is 5.02. The minimum Gasteiger partial charge on any atom is -0.480 e. The summed E-state index contributed by atoms with van der Waals surface area (Å²) >= 11 is 3.15. The Hall–Kier alpha value is -2.67. The van der Waals surface area contributed by atoms with Crippen LogP contribution in [0.15, 0.2) is 54.6 Å². The first-order valence-corrected chi connectivity index (χ1v) is 9.29. The minimum absolute atomic E-state index is 0.233. The largest absolute Gasteiger partial charge is 0.480 e. The number of aliphatic carboxylic acids is 1. The number of rotatable bonds is 8. The van der Waals surface area contributed by atoms with Gasteiger partial charge in [0.2, 0.25) is 0 Å². The number of carboxylic acids is 1. The molecule has 1 N–H and O–H groups in total. The van der Waals surface area contributed by atoms with Gasteiger partial charge in [-0.3, -0.25) is 19.3 Å². The van der Waals surface area contributed by atoms with Crippen LogP contribution in [0.5, 0.6) is 0 Å². The molecule has 0 aromatic heterocycles. The molecule has 0 aliphatic rings. The van der Waals surface area contributed by atoms with Crippen molar-refractivity contribution in [2.24, 2.45) is 0 Å². The number of amides is 1. The molecule has 0 spiro atoms. The van der Waals surface area contributed by atoms with Crippen LogP contribution >= 0.6 is 15.9 Å². The van der Waals surface area contributed by atoms with Gasteiger partial charge < -0.3 is 9.84 Å². The Kier molecular flexibility index (Phi) is 7.55. The number of aryl methyl sites for hydroxylation is 1. The molecule has 1 amide bonds. The molecule has 0 fully saturated rings. The summed E-state index contributed by atoms with van der Waals surface area (Å²) in [6, 6.07) is 15.4. The Balaban J connectivity index is 2.11. The van der Waals surface area contributed by atoms with E-state index in [0.717, 1.165) is 5.56 Å². The number of carboxylic acid groups (broad SMARTS) is 1. The maximum Gasteiger partial charge on any atom is 0.323 e. The number of alkyl halides is 1. The molecule has 1 unspecified atom stereocenters. The highest BCUT2D eigenvalue weighted by Gasteiger charge is 2.20. The van der Waals surface area contributed by atoms with E-state index in [9.17, 15) is 14.4 Å². The number of carbonyl (C=O) groups is 3. The third-order valence-electron chi connectivity index (χ3n) is 3.72. The van der Waals surface area contributed by atoms with Crippen molar-refractivity contribution in [3.8, 4) is 0 Å². The van der Waals surface area contributed by atoms with Crippen LogP contribution in [-0.4, -0.2) is 34.5 Å². The summed E-state index contributed by atoms with van der Waals surface area (Å²) in [5.74, 6) is -1.80. The average molecular weight is 434 g/mol. The number of hydrogen-bond donors (Lipinski definition) is 1. The van der Waals surface area contributed by atoms with Crippen molar-refractivity contribution in [3.05, 3.63) is 65.7 Å². The molecule has 0 saturated carbocycles. The zero-order valence-corrected chi connectivity index (χ0v) is 16.4. The molecule has 2 rings (SSSR count). The van der Waals surface area contributed by atoms with E-state index in [1.54, 1.807) is 61.5 Å². The van der Waals surface area contributed by atoms with Crippen molar-refractivity contribution >= 4 is 39.5 Å². The Morgan fingerprint density at radius 3 is 2.26 bits per heavy atom. The fourth-order valence-electron chi connectivity index (χ4n) is 2.48. The normalized spacial score (nSPS) is 11.5. The van der Waals surface area contributed by atoms with Crippen LogP contribution in [-0.2, 0) is 20.7 Å². The van der Waals surface area contributed by atoms with Gasteiger partial charge in [-0.15, -0.1) is 0 Å². The van der Waals surface area contributed by atoms with Gasteiger partial charge in [-0.2, -0.15) is 0 Å². The average Bonchev–Trinajstić information content (AvgIpc) is 2.64. The van der Waals surface area contributed by atoms with Crippen molar-refractivity contribution in [1.29, 1.82) is 0 Å². The lowest BCUT2D eigenvalue weighted by molar-refractivity contribution is -0.144. The Morgan fingerprint density at radius 2 is 1.70 bits per heavy atom. The monoisotopic (exact) mass is 433 g/mol. The number of halogens is 1. The van der Waals surface area contributed by atoms with Gasteiger partial charge >= 0.3 is 11.9 Å². The molecule has 6 nitrogen and oxygen atoms in total. The fourth-order valence-corrected chi connectivity index (χ4v) is 2.69. The molecule has 142 valence electrons. The minimum atomic E-state index is -1.10. The van der Waals surface area contributed by atoms with Crippen molar-refractivity contribution in [2.45, 2.75) is 24.8 Å². The SMILES string of the molecule is CC(Br)OC(=O)CCc1ccc(N(CC(=O)O)C(=O)c2ccccc2)cc1. The van der Waals surface area contributed by atoms with Crippen LogP contribution < -0.4 is 4.90 Å². The van der Waals surface area contributed by atoms with Crippen LogP contribution in [0.1, 0.15) is 29.3 Å². The Labute approximate surface area is 165 Å². The molecule has 0 radical (unpaired) electrons. The molecule has 2 aromatic rings. The second-order valence-electron chi connectivity index (χ2n) is 5.85. The molecule has 0 bridgehead atoms. The lowest BCUT2D eigenvalue weighted by atomic mass is 10.1. The van der Waals surface area contributed by atoms with E-state index in [2.05, 4.69) is 15.9 Å². The third-order valence-corrected chi connectivity index (χ3v) is 3.91. The van der Waals surface area contributed by atoms with Crippen LogP contribution in [0.4, 0.5) is 5.69 Å². The van der Waals surface area contributed by atoms with Gasteiger partial charge in [-0.05, 0) is 59.1 Å². The smallest absolute Gasteiger partial charge is 0.323 e. The van der Waals surface area contributed by atoms with Crippen molar-refractivity contribution in [2.75, 3.05) is 11.4 Å². The molecule has 7 heteroatoms. The summed E-state index contributed by atoms with van der Waals surface area (Å²) in [4.78, 5) is 36.7. The molecule has 0 aliphatic heterocycles. The number of carbonyl (C=O) groups excluding carboxylic acids is 2. The van der Waals surface area contributed by atoms with Gasteiger partial charge in [0.25, 0.3) is 5.91 Å². The van der Waals surface area contributed by atoms with Crippen LogP contribution in [0, 0.1) is 0 Å². The third kappa shape index (κ3) is 6.53. The zero-order valence-electron chi connectivity index (χ0n) is 14.8. The molecular weight excluding hydrogens is 414 g/mol. The van der Waals surface area contributed by atoms with Crippen molar-refractivity contribution in [1.82, 2.24) is 0 Å². The highest BCUT2D eigenvalue weighted by Crippen LogP contribution is 2.19. The highest BCUT2D eigenvalue weighted by atomic mass is 79.9. The van der Waals surface area contributed by atoms with E-state index < -0.39 is 12.5 Å². The van der Waals surface area contributed by atoms with E-state index in [1.165, 1.54) is 4.90 Å². The quantitative estimate of drug-likeness (QED) is 0.507. The standard InChI is InChI=1S/C20H20BrNO5/c1-14(21)27-19(25)12-9-15-7-10-17(11-8-15)22(13-18(23)24)20(26)16-5-3-2-4-6-16/h2-8,10-11,14H,9,12-13H2,1H3,(H,23,24). The van der Waals surface area contributed by atoms with E-state index in [-0.39, 0.29) is 23.3 Å². The Morgan fingerprint density at radius 1 is 1.07 bits per heavy atom. The van der Waals surface area contributed by atoms with Gasteiger partial charge in [0.05, 0.1) is 0 Å². The van der Waals surface area contributed by atoms with E-state index in [4.69, 9.17) is 9.84 Å². The van der Waals surface area contributed by atoms with Gasteiger partial charge in [-0.25, -0.2) is 0 Å². The molecule has 0 saturated heterocycles. The number of nitrogens with zero attached hydrogens (tertiary/aromatic N) is 1. The van der Waals surface area contributed by atoms with Crippen LogP contribution in [0.3, 0.4) is 0 Å². The topological polar surface area (TPSA) is 83.9 Å². The molecule has 0 heterocycles. The highest BCUT2D eigenvalue weighted by molar-refractivity contribution is 9.09. The zero-order chi connectivity index (χ0) is 19.8. The molecule has 2 aromatic carbocycles. The summed E-state index contributed by atoms with van der Waals surface area (Å²) in [5, 5.41) is 8.83. The van der Waals surface area contributed by atoms with Gasteiger partial charge in [0.1, 0.15) is 6.54 Å². The predicted octanol–water partition coefficient (Wildman–Crippen LogP) is 3.63. The molecular formula is C20H20BrNO5. The predicted molar refractivity (Wildman–Crippen MR) is 105 cm³/mol. The summed E-state index contributed by atoms with van der Waals surface area (Å²) in [6.07, 6.45) is 0.724. The van der Waals surface area contributed by atoms with Gasteiger partial charge in [-0.1, -0.05) is 30.3 Å². The lowest BCUT2D eigenvalue weighted by Crippen LogP contribution is -2.35. The number of hydrogen-bond acceptors (Lipinski definition) is 4. The number of anilines is 1. The molecule has 27 heavy (non-hydrogen) atoms. The maximum atomic E-state index is 12.7. The first-order chi connectivity index (χ1) is 12.9. The van der Waals surface area contributed by atoms with Gasteiger partial charge in [0.15, 0.2) is 5.01 Å². The van der Waals surface area contributed by atoms with Crippen molar-refractivity contribution in [3.63, 3.8) is 0 Å². The maximum absolute atomic E-state index is 12.7. The number of benzene rings is 2. The second-order valence-corrected chi connectivity index (χ2v) is 7.14. The van der Waals surface area contributed by atoms with E-state index in [1.807, 2.05) is 0 Å². The molecule has 1 atom stereocenters. The second kappa shape index (κ2) is 9.87. The first-order valence-electron chi connectivity index (χ1n) is 8.38. The summed E-state index contributed by atoms with van der Waals surface area (Å²) in [7, 11) is 0. The first kappa shape index (κ1) is 20.6. The number of esters is 1. The molecule has 0 aliphatic carbocycles. The van der Waals surface area contributed by atoms with E-state index >= 15 is 0 Å². The Bertz CT molecular complexity index is 790. The number of ether oxygens (including phenoxy) is 1. The summed E-state index contributed by atoms with van der Waals surface area (Å²) in [6.45, 7) is 1.27. The summed E-state index contributed by atoms with van der Waals surface area (Å²) in [5.41, 5.74) is 1.78. The van der Waals surface area contributed by atoms with Crippen LogP contribution in [0.2, 0.25) is 0 Å². The fraction of sp³-hybridized carbons (Fsp3) is 0.250. The van der Waals surface area contributed by atoms with Gasteiger partial charge in [0, 0.05) is 17.7 Å². The van der Waals surface area contributed by atoms with Crippen molar-refractivity contribution < 1.29 is 24.2 Å².